The van der Waals surface area contributed by atoms with Gasteiger partial charge in [-0.1, -0.05) is 29.3 Å². The van der Waals surface area contributed by atoms with E-state index in [2.05, 4.69) is 11.4 Å². The lowest BCUT2D eigenvalue weighted by molar-refractivity contribution is 0.106. The monoisotopic (exact) mass is 289 g/mol. The van der Waals surface area contributed by atoms with E-state index >= 15 is 0 Å². The van der Waals surface area contributed by atoms with E-state index in [1.54, 1.807) is 5.57 Å². The van der Waals surface area contributed by atoms with E-state index in [0.717, 1.165) is 18.7 Å². The minimum atomic E-state index is -0.466. The number of aliphatic hydroxyl groups is 1. The van der Waals surface area contributed by atoms with Crippen molar-refractivity contribution in [2.24, 2.45) is 0 Å². The van der Waals surface area contributed by atoms with Crippen molar-refractivity contribution < 1.29 is 9.84 Å². The highest BCUT2D eigenvalue weighted by molar-refractivity contribution is 5.26. The molecule has 2 N–H and O–H groups in total. The van der Waals surface area contributed by atoms with Crippen molar-refractivity contribution in [3.63, 3.8) is 0 Å². The summed E-state index contributed by atoms with van der Waals surface area (Å²) in [6.45, 7) is 3.90. The fraction of sp³-hybridized carbons (Fsp3) is 0.556. The van der Waals surface area contributed by atoms with Crippen LogP contribution in [0.4, 0.5) is 0 Å². The largest absolute Gasteiger partial charge is 0.491 e. The summed E-state index contributed by atoms with van der Waals surface area (Å²) < 4.78 is 5.57. The molecule has 21 heavy (non-hydrogen) atoms. The maximum atomic E-state index is 9.90. The zero-order valence-electron chi connectivity index (χ0n) is 13.0. The average molecular weight is 289 g/mol. The number of nitrogens with one attached hydrogen (secondary N) is 1. The molecule has 0 aliphatic heterocycles. The van der Waals surface area contributed by atoms with Gasteiger partial charge in [0.1, 0.15) is 18.5 Å². The molecular weight excluding hydrogens is 262 g/mol. The second kappa shape index (κ2) is 8.85. The van der Waals surface area contributed by atoms with Gasteiger partial charge in [0, 0.05) is 6.54 Å². The molecule has 116 valence electrons. The summed E-state index contributed by atoms with van der Waals surface area (Å²) in [5.74, 6) is 0.812. The zero-order chi connectivity index (χ0) is 14.9. The van der Waals surface area contributed by atoms with Crippen LogP contribution in [0.3, 0.4) is 0 Å². The first-order valence-electron chi connectivity index (χ1n) is 8.00. The molecule has 1 aliphatic rings. The molecule has 3 nitrogen and oxygen atoms in total. The van der Waals surface area contributed by atoms with Gasteiger partial charge in [-0.05, 0) is 57.7 Å². The van der Waals surface area contributed by atoms with Crippen LogP contribution < -0.4 is 10.1 Å². The molecule has 1 atom stereocenters. The Morgan fingerprint density at radius 2 is 2.05 bits per heavy atom. The highest BCUT2D eigenvalue weighted by Gasteiger charge is 2.06. The van der Waals surface area contributed by atoms with Crippen LogP contribution in [0.5, 0.6) is 5.75 Å². The van der Waals surface area contributed by atoms with Crippen LogP contribution in [0.1, 0.15) is 37.7 Å². The van der Waals surface area contributed by atoms with Gasteiger partial charge in [0.2, 0.25) is 0 Å². The van der Waals surface area contributed by atoms with Gasteiger partial charge in [-0.15, -0.1) is 0 Å². The first-order chi connectivity index (χ1) is 10.2. The van der Waals surface area contributed by atoms with E-state index in [-0.39, 0.29) is 0 Å². The zero-order valence-corrected chi connectivity index (χ0v) is 13.0. The molecule has 1 aromatic rings. The third-order valence-corrected chi connectivity index (χ3v) is 3.85. The van der Waals surface area contributed by atoms with Gasteiger partial charge < -0.3 is 15.2 Å². The molecule has 0 radical (unpaired) electrons. The smallest absolute Gasteiger partial charge is 0.119 e. The Kier molecular flexibility index (Phi) is 6.77. The summed E-state index contributed by atoms with van der Waals surface area (Å²) in [5.41, 5.74) is 2.78. The molecule has 0 aromatic heterocycles. The first kappa shape index (κ1) is 16.1. The predicted octanol–water partition coefficient (Wildman–Crippen LogP) is 3.21. The Morgan fingerprint density at radius 1 is 1.24 bits per heavy atom. The van der Waals surface area contributed by atoms with Gasteiger partial charge in [0.15, 0.2) is 0 Å². The molecule has 0 bridgehead atoms. The van der Waals surface area contributed by atoms with Crippen LogP contribution in [0.25, 0.3) is 0 Å². The molecule has 0 fully saturated rings. The quantitative estimate of drug-likeness (QED) is 0.570. The minimum absolute atomic E-state index is 0.332. The summed E-state index contributed by atoms with van der Waals surface area (Å²) in [4.78, 5) is 0. The van der Waals surface area contributed by atoms with Crippen molar-refractivity contribution in [2.45, 2.75) is 45.1 Å². The van der Waals surface area contributed by atoms with Crippen molar-refractivity contribution in [1.29, 1.82) is 0 Å². The van der Waals surface area contributed by atoms with E-state index in [9.17, 15) is 5.11 Å². The fourth-order valence-electron chi connectivity index (χ4n) is 2.54. The molecule has 0 saturated carbocycles. The lowest BCUT2D eigenvalue weighted by Gasteiger charge is -2.15. The van der Waals surface area contributed by atoms with Crippen LogP contribution in [-0.4, -0.2) is 30.9 Å². The average Bonchev–Trinajstić information content (AvgIpc) is 2.52. The van der Waals surface area contributed by atoms with Crippen LogP contribution in [-0.2, 0) is 0 Å². The van der Waals surface area contributed by atoms with Crippen molar-refractivity contribution in [2.75, 3.05) is 19.7 Å². The van der Waals surface area contributed by atoms with Gasteiger partial charge >= 0.3 is 0 Å². The molecular formula is C18H27NO2. The van der Waals surface area contributed by atoms with Crippen LogP contribution in [0.2, 0.25) is 0 Å². The summed E-state index contributed by atoms with van der Waals surface area (Å²) in [7, 11) is 0. The molecule has 0 amide bonds. The molecule has 0 spiro atoms. The van der Waals surface area contributed by atoms with E-state index in [1.807, 2.05) is 31.2 Å². The highest BCUT2D eigenvalue weighted by Crippen LogP contribution is 2.19. The maximum absolute atomic E-state index is 9.90. The molecule has 3 heteroatoms. The highest BCUT2D eigenvalue weighted by atomic mass is 16.5. The molecule has 0 heterocycles. The Hall–Kier alpha value is -1.32. The standard InChI is InChI=1S/C18H27NO2/c1-15-7-9-18(10-8-15)21-14-17(20)13-19-12-11-16-5-3-2-4-6-16/h5,7-10,17,19-20H,2-4,6,11-14H2,1H3. The Balaban J connectivity index is 1.56. The molecule has 1 unspecified atom stereocenters. The van der Waals surface area contributed by atoms with Gasteiger partial charge in [0.25, 0.3) is 0 Å². The Bertz CT molecular complexity index is 439. The lowest BCUT2D eigenvalue weighted by Crippen LogP contribution is -2.32. The van der Waals surface area contributed by atoms with Crippen molar-refractivity contribution in [1.82, 2.24) is 5.32 Å². The van der Waals surface area contributed by atoms with Gasteiger partial charge in [-0.2, -0.15) is 0 Å². The summed E-state index contributed by atoms with van der Waals surface area (Å²) >= 11 is 0. The van der Waals surface area contributed by atoms with Crippen molar-refractivity contribution in [3.05, 3.63) is 41.5 Å². The number of hydrogen-bond acceptors (Lipinski definition) is 3. The van der Waals surface area contributed by atoms with Crippen molar-refractivity contribution in [3.8, 4) is 5.75 Å². The summed E-state index contributed by atoms with van der Waals surface area (Å²) in [5, 5.41) is 13.2. The summed E-state index contributed by atoms with van der Waals surface area (Å²) in [6.07, 6.45) is 8.17. The van der Waals surface area contributed by atoms with Gasteiger partial charge in [0.05, 0.1) is 0 Å². The van der Waals surface area contributed by atoms with Crippen LogP contribution >= 0.6 is 0 Å². The third kappa shape index (κ3) is 6.32. The number of ether oxygens (including phenoxy) is 1. The maximum Gasteiger partial charge on any atom is 0.119 e. The van der Waals surface area contributed by atoms with Crippen LogP contribution in [0, 0.1) is 6.92 Å². The van der Waals surface area contributed by atoms with E-state index in [0.29, 0.717) is 13.2 Å². The predicted molar refractivity (Wildman–Crippen MR) is 86.7 cm³/mol. The number of aliphatic hydroxyl groups excluding tert-OH is 1. The van der Waals surface area contributed by atoms with Gasteiger partial charge in [-0.25, -0.2) is 0 Å². The SMILES string of the molecule is Cc1ccc(OCC(O)CNCCC2=CCCCC2)cc1. The minimum Gasteiger partial charge on any atom is -0.491 e. The summed E-state index contributed by atoms with van der Waals surface area (Å²) in [6, 6.07) is 7.89. The number of allylic oxidation sites excluding steroid dienone is 1. The Labute approximate surface area is 128 Å². The molecule has 2 rings (SSSR count). The third-order valence-electron chi connectivity index (χ3n) is 3.85. The number of benzene rings is 1. The number of aryl methyl sites for hydroxylation is 1. The van der Waals surface area contributed by atoms with E-state index in [4.69, 9.17) is 4.74 Å². The van der Waals surface area contributed by atoms with Gasteiger partial charge in [-0.3, -0.25) is 0 Å². The lowest BCUT2D eigenvalue weighted by atomic mass is 9.97. The molecule has 1 aliphatic carbocycles. The number of hydrogen-bond donors (Lipinski definition) is 2. The second-order valence-electron chi connectivity index (χ2n) is 5.84. The second-order valence-corrected chi connectivity index (χ2v) is 5.84. The van der Waals surface area contributed by atoms with Crippen LogP contribution in [0.15, 0.2) is 35.9 Å². The molecule has 0 saturated heterocycles. The number of rotatable bonds is 8. The molecule has 1 aromatic carbocycles. The van der Waals surface area contributed by atoms with Crippen molar-refractivity contribution >= 4 is 0 Å². The Morgan fingerprint density at radius 3 is 2.76 bits per heavy atom. The topological polar surface area (TPSA) is 41.5 Å². The van der Waals surface area contributed by atoms with E-state index in [1.165, 1.54) is 31.2 Å². The van der Waals surface area contributed by atoms with E-state index < -0.39 is 6.10 Å². The normalized spacial score (nSPS) is 16.4. The fourth-order valence-corrected chi connectivity index (χ4v) is 2.54. The first-order valence-corrected chi connectivity index (χ1v) is 8.00.